The van der Waals surface area contributed by atoms with E-state index in [1.165, 1.54) is 34.2 Å². The van der Waals surface area contributed by atoms with E-state index in [4.69, 9.17) is 4.52 Å². The summed E-state index contributed by atoms with van der Waals surface area (Å²) >= 11 is 3.07. The molecule has 0 atom stereocenters. The Morgan fingerprint density at radius 1 is 1.17 bits per heavy atom. The molecular formula is C21H20N4O2S2. The fourth-order valence-corrected chi connectivity index (χ4v) is 5.68. The average molecular weight is 425 g/mol. The highest BCUT2D eigenvalue weighted by Gasteiger charge is 2.20. The lowest BCUT2D eigenvalue weighted by Gasteiger charge is -2.09. The molecule has 1 aromatic carbocycles. The molecule has 0 radical (unpaired) electrons. The van der Waals surface area contributed by atoms with Gasteiger partial charge in [0.05, 0.1) is 11.1 Å². The van der Waals surface area contributed by atoms with Crippen molar-refractivity contribution in [3.8, 4) is 11.4 Å². The van der Waals surface area contributed by atoms with Crippen LogP contribution in [-0.4, -0.2) is 20.1 Å². The van der Waals surface area contributed by atoms with E-state index in [-0.39, 0.29) is 5.56 Å². The maximum absolute atomic E-state index is 12.6. The van der Waals surface area contributed by atoms with Gasteiger partial charge in [-0.25, -0.2) is 4.98 Å². The molecule has 0 saturated heterocycles. The minimum Gasteiger partial charge on any atom is -0.338 e. The van der Waals surface area contributed by atoms with E-state index in [0.29, 0.717) is 22.6 Å². The van der Waals surface area contributed by atoms with Crippen LogP contribution in [0.25, 0.3) is 21.6 Å². The van der Waals surface area contributed by atoms with Crippen molar-refractivity contribution in [3.05, 3.63) is 56.5 Å². The first-order valence-corrected chi connectivity index (χ1v) is 11.6. The standard InChI is InChI=1S/C21H20N4O2S2/c1-2-12-7-9-13(10-8-12)18-22-16(27-25-18)11-28-21-23-19(26)17-14-5-3-4-6-15(14)29-20(17)24-21/h7-10H,2-6,11H2,1H3,(H,23,24,26). The van der Waals surface area contributed by atoms with Gasteiger partial charge in [0.25, 0.3) is 5.56 Å². The number of benzene rings is 1. The van der Waals surface area contributed by atoms with Crippen molar-refractivity contribution in [2.24, 2.45) is 0 Å². The van der Waals surface area contributed by atoms with Crippen molar-refractivity contribution >= 4 is 33.3 Å². The molecule has 5 rings (SSSR count). The van der Waals surface area contributed by atoms with Crippen molar-refractivity contribution in [1.29, 1.82) is 0 Å². The molecule has 1 aliphatic rings. The summed E-state index contributed by atoms with van der Waals surface area (Å²) in [6.45, 7) is 2.12. The molecule has 0 amide bonds. The molecule has 0 aliphatic heterocycles. The fourth-order valence-electron chi connectivity index (χ4n) is 3.66. The molecule has 3 heterocycles. The number of thioether (sulfide) groups is 1. The second-order valence-corrected chi connectivity index (χ2v) is 9.16. The molecule has 1 aliphatic carbocycles. The Hall–Kier alpha value is -2.45. The summed E-state index contributed by atoms with van der Waals surface area (Å²) in [5.74, 6) is 1.54. The largest absolute Gasteiger partial charge is 0.338 e. The highest BCUT2D eigenvalue weighted by molar-refractivity contribution is 7.98. The van der Waals surface area contributed by atoms with Crippen molar-refractivity contribution in [1.82, 2.24) is 20.1 Å². The Kier molecular flexibility index (Phi) is 4.97. The SMILES string of the molecule is CCc1ccc(-c2noc(CSc3nc4sc5c(c4c(=O)[nH]3)CCCC5)n2)cc1. The zero-order valence-electron chi connectivity index (χ0n) is 16.0. The van der Waals surface area contributed by atoms with Crippen LogP contribution in [0.2, 0.25) is 0 Å². The number of thiophene rings is 1. The Bertz CT molecular complexity index is 1220. The molecule has 4 aromatic rings. The lowest BCUT2D eigenvalue weighted by atomic mass is 9.97. The van der Waals surface area contributed by atoms with Gasteiger partial charge in [0.2, 0.25) is 11.7 Å². The predicted molar refractivity (Wildman–Crippen MR) is 116 cm³/mol. The number of nitrogens with zero attached hydrogens (tertiary/aromatic N) is 3. The molecule has 8 heteroatoms. The number of aromatic nitrogens is 4. The third-order valence-corrected chi connectivity index (χ3v) is 7.27. The number of aromatic amines is 1. The van der Waals surface area contributed by atoms with E-state index in [9.17, 15) is 4.79 Å². The third-order valence-electron chi connectivity index (χ3n) is 5.22. The van der Waals surface area contributed by atoms with Crippen LogP contribution >= 0.6 is 23.1 Å². The van der Waals surface area contributed by atoms with Gasteiger partial charge in [-0.15, -0.1) is 11.3 Å². The quantitative estimate of drug-likeness (QED) is 0.367. The molecule has 148 valence electrons. The van der Waals surface area contributed by atoms with Gasteiger partial charge in [-0.1, -0.05) is 48.1 Å². The van der Waals surface area contributed by atoms with E-state index >= 15 is 0 Å². The lowest BCUT2D eigenvalue weighted by Crippen LogP contribution is -2.10. The van der Waals surface area contributed by atoms with Crippen LogP contribution in [0.5, 0.6) is 0 Å². The van der Waals surface area contributed by atoms with E-state index in [1.54, 1.807) is 11.3 Å². The highest BCUT2D eigenvalue weighted by atomic mass is 32.2. The van der Waals surface area contributed by atoms with Gasteiger partial charge in [-0.05, 0) is 43.2 Å². The topological polar surface area (TPSA) is 84.7 Å². The second-order valence-electron chi connectivity index (χ2n) is 7.11. The van der Waals surface area contributed by atoms with Gasteiger partial charge in [0, 0.05) is 10.4 Å². The summed E-state index contributed by atoms with van der Waals surface area (Å²) in [4.78, 5) is 26.9. The van der Waals surface area contributed by atoms with Crippen molar-refractivity contribution in [2.45, 2.75) is 49.9 Å². The molecule has 29 heavy (non-hydrogen) atoms. The number of hydrogen-bond donors (Lipinski definition) is 1. The molecule has 0 fully saturated rings. The summed E-state index contributed by atoms with van der Waals surface area (Å²) in [6, 6.07) is 8.16. The van der Waals surface area contributed by atoms with Crippen LogP contribution in [0.15, 0.2) is 38.7 Å². The lowest BCUT2D eigenvalue weighted by molar-refractivity contribution is 0.391. The Morgan fingerprint density at radius 2 is 2.00 bits per heavy atom. The van der Waals surface area contributed by atoms with Crippen molar-refractivity contribution in [2.75, 3.05) is 0 Å². The molecule has 6 nitrogen and oxygen atoms in total. The Morgan fingerprint density at radius 3 is 2.83 bits per heavy atom. The van der Waals surface area contributed by atoms with E-state index in [2.05, 4.69) is 39.2 Å². The Balaban J connectivity index is 1.34. The zero-order chi connectivity index (χ0) is 19.8. The molecule has 0 bridgehead atoms. The van der Waals surface area contributed by atoms with E-state index in [1.807, 2.05) is 12.1 Å². The number of H-pyrrole nitrogens is 1. The predicted octanol–water partition coefficient (Wildman–Crippen LogP) is 4.77. The van der Waals surface area contributed by atoms with Crippen LogP contribution in [-0.2, 0) is 25.0 Å². The van der Waals surface area contributed by atoms with E-state index < -0.39 is 0 Å². The fraction of sp³-hybridized carbons (Fsp3) is 0.333. The highest BCUT2D eigenvalue weighted by Crippen LogP contribution is 2.34. The first-order valence-electron chi connectivity index (χ1n) is 9.80. The number of hydrogen-bond acceptors (Lipinski definition) is 7. The smallest absolute Gasteiger partial charge is 0.260 e. The summed E-state index contributed by atoms with van der Waals surface area (Å²) < 4.78 is 5.38. The summed E-state index contributed by atoms with van der Waals surface area (Å²) in [7, 11) is 0. The van der Waals surface area contributed by atoms with Gasteiger partial charge in [0.1, 0.15) is 4.83 Å². The number of nitrogens with one attached hydrogen (secondary N) is 1. The number of aryl methyl sites for hydroxylation is 3. The molecule has 0 unspecified atom stereocenters. The van der Waals surface area contributed by atoms with Crippen LogP contribution in [0, 0.1) is 0 Å². The molecular weight excluding hydrogens is 404 g/mol. The summed E-state index contributed by atoms with van der Waals surface area (Å²) in [5.41, 5.74) is 3.37. The third kappa shape index (κ3) is 3.62. The molecule has 0 saturated carbocycles. The Labute approximate surface area is 175 Å². The average Bonchev–Trinajstić information content (AvgIpc) is 3.37. The number of rotatable bonds is 5. The van der Waals surface area contributed by atoms with E-state index in [0.717, 1.165) is 41.5 Å². The van der Waals surface area contributed by atoms with Crippen LogP contribution in [0.3, 0.4) is 0 Å². The van der Waals surface area contributed by atoms with Gasteiger partial charge in [-0.2, -0.15) is 4.98 Å². The monoisotopic (exact) mass is 424 g/mol. The molecule has 1 N–H and O–H groups in total. The van der Waals surface area contributed by atoms with Crippen LogP contribution in [0.4, 0.5) is 0 Å². The first-order chi connectivity index (χ1) is 14.2. The minimum atomic E-state index is -0.0425. The van der Waals surface area contributed by atoms with Crippen LogP contribution in [0.1, 0.15) is 41.7 Å². The minimum absolute atomic E-state index is 0.0425. The van der Waals surface area contributed by atoms with Gasteiger partial charge in [0.15, 0.2) is 5.16 Å². The number of fused-ring (bicyclic) bond motifs is 3. The normalized spacial score (nSPS) is 13.7. The van der Waals surface area contributed by atoms with Gasteiger partial charge < -0.3 is 9.51 Å². The van der Waals surface area contributed by atoms with Gasteiger partial charge >= 0.3 is 0 Å². The maximum Gasteiger partial charge on any atom is 0.260 e. The maximum atomic E-state index is 12.6. The molecule has 0 spiro atoms. The molecule has 3 aromatic heterocycles. The van der Waals surface area contributed by atoms with Crippen molar-refractivity contribution in [3.63, 3.8) is 0 Å². The van der Waals surface area contributed by atoms with Crippen molar-refractivity contribution < 1.29 is 4.52 Å². The summed E-state index contributed by atoms with van der Waals surface area (Å²) in [6.07, 6.45) is 5.38. The van der Waals surface area contributed by atoms with Gasteiger partial charge in [-0.3, -0.25) is 4.79 Å². The summed E-state index contributed by atoms with van der Waals surface area (Å²) in [5, 5.41) is 5.45. The van der Waals surface area contributed by atoms with Crippen LogP contribution < -0.4 is 5.56 Å². The zero-order valence-corrected chi connectivity index (χ0v) is 17.7. The first kappa shape index (κ1) is 18.6. The second kappa shape index (κ2) is 7.76.